The summed E-state index contributed by atoms with van der Waals surface area (Å²) in [5.74, 6) is -1.32. The van der Waals surface area contributed by atoms with Crippen LogP contribution in [0.4, 0.5) is 11.4 Å². The van der Waals surface area contributed by atoms with Gasteiger partial charge in [-0.1, -0.05) is 6.07 Å². The number of nitro benzene ring substituents is 1. The summed E-state index contributed by atoms with van der Waals surface area (Å²) in [6.45, 7) is 2.46. The van der Waals surface area contributed by atoms with Gasteiger partial charge in [0, 0.05) is 26.7 Å². The number of anilines is 1. The van der Waals surface area contributed by atoms with E-state index in [9.17, 15) is 14.9 Å². The predicted octanol–water partition coefficient (Wildman–Crippen LogP) is 1.28. The van der Waals surface area contributed by atoms with Crippen LogP contribution in [0.25, 0.3) is 0 Å². The molecule has 2 N–H and O–H groups in total. The molecule has 0 radical (unpaired) electrons. The largest absolute Gasteiger partial charge is 0.477 e. The maximum atomic E-state index is 11.1. The lowest BCUT2D eigenvalue weighted by molar-refractivity contribution is -0.384. The average molecular weight is 297 g/mol. The van der Waals surface area contributed by atoms with Gasteiger partial charge in [-0.15, -0.1) is 0 Å². The molecule has 0 heterocycles. The van der Waals surface area contributed by atoms with Crippen molar-refractivity contribution in [2.24, 2.45) is 0 Å². The second-order valence-electron chi connectivity index (χ2n) is 4.49. The van der Waals surface area contributed by atoms with Crippen LogP contribution in [0.2, 0.25) is 0 Å². The van der Waals surface area contributed by atoms with E-state index in [-0.39, 0.29) is 11.3 Å². The van der Waals surface area contributed by atoms with Gasteiger partial charge >= 0.3 is 11.7 Å². The highest BCUT2D eigenvalue weighted by molar-refractivity contribution is 5.95. The summed E-state index contributed by atoms with van der Waals surface area (Å²) in [4.78, 5) is 23.4. The number of hydrogen-bond donors (Lipinski definition) is 2. The van der Waals surface area contributed by atoms with Crippen molar-refractivity contribution in [1.29, 1.82) is 0 Å². The van der Waals surface area contributed by atoms with Gasteiger partial charge in [-0.2, -0.15) is 0 Å². The lowest BCUT2D eigenvalue weighted by Crippen LogP contribution is -2.28. The van der Waals surface area contributed by atoms with Crippen LogP contribution < -0.4 is 5.32 Å². The zero-order chi connectivity index (χ0) is 15.8. The summed E-state index contributed by atoms with van der Waals surface area (Å²) >= 11 is 0. The van der Waals surface area contributed by atoms with Gasteiger partial charge in [-0.3, -0.25) is 10.1 Å². The number of methoxy groups -OCH3 is 1. The van der Waals surface area contributed by atoms with Gasteiger partial charge in [0.2, 0.25) is 0 Å². The number of carboxylic acids is 1. The number of aromatic carboxylic acids is 1. The summed E-state index contributed by atoms with van der Waals surface area (Å²) in [6, 6.07) is 4.20. The molecular formula is C13H19N3O5. The molecule has 0 aromatic heterocycles. The number of carbonyl (C=O) groups is 1. The molecule has 0 saturated heterocycles. The summed E-state index contributed by atoms with van der Waals surface area (Å²) in [5, 5.41) is 23.0. The van der Waals surface area contributed by atoms with Gasteiger partial charge in [-0.05, 0) is 19.2 Å². The van der Waals surface area contributed by atoms with E-state index in [0.717, 1.165) is 6.54 Å². The molecule has 0 aliphatic rings. The lowest BCUT2D eigenvalue weighted by atomic mass is 10.1. The van der Waals surface area contributed by atoms with E-state index in [0.29, 0.717) is 19.7 Å². The van der Waals surface area contributed by atoms with Crippen LogP contribution in [0.1, 0.15) is 10.4 Å². The molecule has 0 spiro atoms. The van der Waals surface area contributed by atoms with E-state index in [4.69, 9.17) is 9.84 Å². The third-order valence-electron chi connectivity index (χ3n) is 2.94. The molecule has 0 aliphatic carbocycles. The second-order valence-corrected chi connectivity index (χ2v) is 4.49. The first kappa shape index (κ1) is 16.9. The second kappa shape index (κ2) is 8.18. The Hall–Kier alpha value is -2.19. The Morgan fingerprint density at radius 1 is 1.48 bits per heavy atom. The van der Waals surface area contributed by atoms with Gasteiger partial charge in [-0.25, -0.2) is 4.79 Å². The van der Waals surface area contributed by atoms with Gasteiger partial charge in [0.05, 0.1) is 11.5 Å². The molecule has 1 rings (SSSR count). The minimum atomic E-state index is -1.32. The first-order chi connectivity index (χ1) is 9.97. The van der Waals surface area contributed by atoms with Crippen LogP contribution in [-0.4, -0.2) is 61.3 Å². The maximum absolute atomic E-state index is 11.1. The summed E-state index contributed by atoms with van der Waals surface area (Å²) in [5.41, 5.74) is -0.526. The number of benzene rings is 1. The number of nitrogens with zero attached hydrogens (tertiary/aromatic N) is 2. The third-order valence-corrected chi connectivity index (χ3v) is 2.94. The molecule has 0 atom stereocenters. The zero-order valence-electron chi connectivity index (χ0n) is 12.0. The molecule has 21 heavy (non-hydrogen) atoms. The molecule has 0 amide bonds. The monoisotopic (exact) mass is 297 g/mol. The summed E-state index contributed by atoms with van der Waals surface area (Å²) < 4.78 is 4.95. The highest BCUT2D eigenvalue weighted by Gasteiger charge is 2.23. The van der Waals surface area contributed by atoms with Crippen molar-refractivity contribution in [2.45, 2.75) is 0 Å². The van der Waals surface area contributed by atoms with Crippen molar-refractivity contribution >= 4 is 17.3 Å². The molecule has 8 heteroatoms. The van der Waals surface area contributed by atoms with E-state index >= 15 is 0 Å². The Kier molecular flexibility index (Phi) is 6.57. The lowest BCUT2D eigenvalue weighted by Gasteiger charge is -2.16. The Morgan fingerprint density at radius 2 is 2.19 bits per heavy atom. The SMILES string of the molecule is COCCN(C)CCNc1cccc(C(=O)O)c1[N+](=O)[O-]. The molecule has 8 nitrogen and oxygen atoms in total. The molecule has 116 valence electrons. The minimum absolute atomic E-state index is 0.208. The van der Waals surface area contributed by atoms with Gasteiger partial charge in [0.25, 0.3) is 0 Å². The number of hydrogen-bond acceptors (Lipinski definition) is 6. The standard InChI is InChI=1S/C13H19N3O5/c1-15(8-9-21-2)7-6-14-11-5-3-4-10(13(17)18)12(11)16(19)20/h3-5,14H,6-9H2,1-2H3,(H,17,18). The van der Waals surface area contributed by atoms with Crippen LogP contribution in [0.3, 0.4) is 0 Å². The van der Waals surface area contributed by atoms with Crippen molar-refractivity contribution in [2.75, 3.05) is 45.7 Å². The van der Waals surface area contributed by atoms with Crippen LogP contribution in [0, 0.1) is 10.1 Å². The van der Waals surface area contributed by atoms with Crippen LogP contribution >= 0.6 is 0 Å². The molecule has 1 aromatic rings. The van der Waals surface area contributed by atoms with Crippen LogP contribution in [0.5, 0.6) is 0 Å². The average Bonchev–Trinajstić information content (AvgIpc) is 2.44. The van der Waals surface area contributed by atoms with E-state index in [1.165, 1.54) is 18.2 Å². The quantitative estimate of drug-likeness (QED) is 0.522. The third kappa shape index (κ3) is 5.01. The maximum Gasteiger partial charge on any atom is 0.342 e. The number of rotatable bonds is 9. The highest BCUT2D eigenvalue weighted by atomic mass is 16.6. The fourth-order valence-corrected chi connectivity index (χ4v) is 1.80. The van der Waals surface area contributed by atoms with Crippen molar-refractivity contribution in [3.63, 3.8) is 0 Å². The van der Waals surface area contributed by atoms with Crippen molar-refractivity contribution < 1.29 is 19.6 Å². The van der Waals surface area contributed by atoms with E-state index in [2.05, 4.69) is 5.32 Å². The number of ether oxygens (including phenoxy) is 1. The fraction of sp³-hybridized carbons (Fsp3) is 0.462. The fourth-order valence-electron chi connectivity index (χ4n) is 1.80. The first-order valence-electron chi connectivity index (χ1n) is 6.39. The van der Waals surface area contributed by atoms with Gasteiger partial charge in [0.15, 0.2) is 0 Å². The van der Waals surface area contributed by atoms with Crippen LogP contribution in [-0.2, 0) is 4.74 Å². The molecule has 0 fully saturated rings. The predicted molar refractivity (Wildman–Crippen MR) is 77.9 cm³/mol. The molecule has 0 aliphatic heterocycles. The van der Waals surface area contributed by atoms with Crippen molar-refractivity contribution in [1.82, 2.24) is 4.90 Å². The van der Waals surface area contributed by atoms with E-state index in [1.807, 2.05) is 11.9 Å². The number of nitro groups is 1. The molecule has 0 unspecified atom stereocenters. The smallest absolute Gasteiger partial charge is 0.342 e. The molecule has 0 saturated carbocycles. The van der Waals surface area contributed by atoms with Crippen molar-refractivity contribution in [3.05, 3.63) is 33.9 Å². The molecule has 0 bridgehead atoms. The Bertz CT molecular complexity index is 507. The minimum Gasteiger partial charge on any atom is -0.477 e. The number of para-hydroxylation sites is 1. The topological polar surface area (TPSA) is 105 Å². The van der Waals surface area contributed by atoms with Gasteiger partial charge < -0.3 is 20.1 Å². The Morgan fingerprint density at radius 3 is 2.76 bits per heavy atom. The summed E-state index contributed by atoms with van der Waals surface area (Å²) in [6.07, 6.45) is 0. The first-order valence-corrected chi connectivity index (χ1v) is 6.39. The zero-order valence-corrected chi connectivity index (χ0v) is 12.0. The molecular weight excluding hydrogens is 278 g/mol. The Labute approximate surface area is 122 Å². The summed E-state index contributed by atoms with van der Waals surface area (Å²) in [7, 11) is 3.52. The number of likely N-dealkylation sites (N-methyl/N-ethyl adjacent to an activating group) is 1. The van der Waals surface area contributed by atoms with E-state index < -0.39 is 16.6 Å². The van der Waals surface area contributed by atoms with Crippen molar-refractivity contribution in [3.8, 4) is 0 Å². The molecule has 1 aromatic carbocycles. The normalized spacial score (nSPS) is 10.6. The number of carboxylic acid groups (broad SMARTS) is 1. The van der Waals surface area contributed by atoms with Gasteiger partial charge in [0.1, 0.15) is 11.3 Å². The highest BCUT2D eigenvalue weighted by Crippen LogP contribution is 2.28. The number of nitrogens with one attached hydrogen (secondary N) is 1. The van der Waals surface area contributed by atoms with Crippen LogP contribution in [0.15, 0.2) is 18.2 Å². The Balaban J connectivity index is 2.73. The van der Waals surface area contributed by atoms with E-state index in [1.54, 1.807) is 7.11 Å².